The number of carboxylic acid groups (broad SMARTS) is 1. The van der Waals surface area contributed by atoms with Crippen LogP contribution < -0.4 is 5.32 Å². The lowest BCUT2D eigenvalue weighted by atomic mass is 9.79. The van der Waals surface area contributed by atoms with Gasteiger partial charge >= 0.3 is 6.09 Å². The number of carbonyl (C=O) groups is 2. The summed E-state index contributed by atoms with van der Waals surface area (Å²) in [5, 5.41) is 22.2. The number of aryl methyl sites for hydroxylation is 1. The maximum atomic E-state index is 12.8. The maximum Gasteiger partial charge on any atom is 0.407 e. The average molecular weight is 481 g/mol. The van der Waals surface area contributed by atoms with Crippen molar-refractivity contribution in [1.29, 1.82) is 5.26 Å². The maximum absolute atomic E-state index is 12.8. The number of nitrogens with zero attached hydrogens (tertiary/aromatic N) is 3. The Kier molecular flexibility index (Phi) is 7.32. The molecule has 1 aliphatic heterocycles. The van der Waals surface area contributed by atoms with Crippen LogP contribution in [0.2, 0.25) is 5.02 Å². The van der Waals surface area contributed by atoms with Crippen LogP contribution in [-0.2, 0) is 0 Å². The normalized spacial score (nSPS) is 17.4. The quantitative estimate of drug-likeness (QED) is 0.556. The van der Waals surface area contributed by atoms with Crippen molar-refractivity contribution in [2.24, 2.45) is 5.41 Å². The highest BCUT2D eigenvalue weighted by Gasteiger charge is 2.36. The summed E-state index contributed by atoms with van der Waals surface area (Å²) in [7, 11) is 0. The van der Waals surface area contributed by atoms with Gasteiger partial charge < -0.3 is 15.3 Å². The van der Waals surface area contributed by atoms with E-state index in [1.165, 1.54) is 17.2 Å². The molecule has 1 aromatic carbocycles. The Hall–Kier alpha value is -3.37. The van der Waals surface area contributed by atoms with E-state index in [1.807, 2.05) is 39.8 Å². The summed E-state index contributed by atoms with van der Waals surface area (Å²) in [6.07, 6.45) is 3.87. The number of likely N-dealkylation sites (tertiary alicyclic amines) is 1. The Balaban J connectivity index is 1.90. The minimum Gasteiger partial charge on any atom is -0.465 e. The summed E-state index contributed by atoms with van der Waals surface area (Å²) < 4.78 is 0. The number of rotatable bonds is 3. The highest BCUT2D eigenvalue weighted by Crippen LogP contribution is 2.36. The van der Waals surface area contributed by atoms with Crippen LogP contribution in [0.5, 0.6) is 0 Å². The van der Waals surface area contributed by atoms with E-state index in [0.29, 0.717) is 41.4 Å². The number of anilines is 1. The summed E-state index contributed by atoms with van der Waals surface area (Å²) in [5.74, 6) is -0.379. The van der Waals surface area contributed by atoms with Crippen LogP contribution in [-0.4, -0.2) is 39.6 Å². The van der Waals surface area contributed by atoms with Gasteiger partial charge in [-0.1, -0.05) is 44.0 Å². The minimum atomic E-state index is -0.895. The van der Waals surface area contributed by atoms with Crippen LogP contribution in [0.4, 0.5) is 10.5 Å². The molecule has 1 aliphatic rings. The molecule has 0 aliphatic carbocycles. The second kappa shape index (κ2) is 9.86. The minimum absolute atomic E-state index is 0.132. The monoisotopic (exact) mass is 480 g/mol. The van der Waals surface area contributed by atoms with Crippen molar-refractivity contribution in [3.63, 3.8) is 0 Å². The van der Waals surface area contributed by atoms with E-state index in [1.54, 1.807) is 13.0 Å². The highest BCUT2D eigenvalue weighted by molar-refractivity contribution is 6.31. The van der Waals surface area contributed by atoms with Gasteiger partial charge in [-0.15, -0.1) is 0 Å². The molecule has 178 valence electrons. The summed E-state index contributed by atoms with van der Waals surface area (Å²) in [6.45, 7) is 10.2. The molecule has 1 aromatic heterocycles. The van der Waals surface area contributed by atoms with Gasteiger partial charge in [0.05, 0.1) is 16.8 Å². The first-order chi connectivity index (χ1) is 15.9. The number of amides is 2. The average Bonchev–Trinajstić information content (AvgIpc) is 2.76. The number of pyridine rings is 1. The predicted octanol–water partition coefficient (Wildman–Crippen LogP) is 6.05. The third kappa shape index (κ3) is 5.57. The zero-order valence-corrected chi connectivity index (χ0v) is 20.8. The first kappa shape index (κ1) is 25.3. The fraction of sp³-hybridized carbons (Fsp3) is 0.385. The Morgan fingerprint density at radius 2 is 2.00 bits per heavy atom. The fourth-order valence-electron chi connectivity index (χ4n) is 4.18. The first-order valence-electron chi connectivity index (χ1n) is 11.1. The summed E-state index contributed by atoms with van der Waals surface area (Å²) in [4.78, 5) is 30.2. The number of benzene rings is 1. The van der Waals surface area contributed by atoms with Gasteiger partial charge in [0.1, 0.15) is 6.07 Å². The molecule has 34 heavy (non-hydrogen) atoms. The molecule has 1 fully saturated rings. The van der Waals surface area contributed by atoms with Crippen LogP contribution >= 0.6 is 11.6 Å². The Morgan fingerprint density at radius 3 is 2.62 bits per heavy atom. The SMILES string of the molecule is Cc1ncc(C(=O)Nc2cc(Cl)cc(C=C3CCN(C(=O)O)C(C(C)(C)C)C3)c2C)cc1C#N. The molecule has 2 N–H and O–H groups in total. The highest BCUT2D eigenvalue weighted by atomic mass is 35.5. The third-order valence-corrected chi connectivity index (χ3v) is 6.46. The van der Waals surface area contributed by atoms with E-state index < -0.39 is 6.09 Å². The molecule has 0 bridgehead atoms. The molecule has 2 aromatic rings. The van der Waals surface area contributed by atoms with Crippen LogP contribution in [0, 0.1) is 30.6 Å². The van der Waals surface area contributed by atoms with Crippen LogP contribution in [0.15, 0.2) is 30.0 Å². The van der Waals surface area contributed by atoms with E-state index in [0.717, 1.165) is 16.7 Å². The van der Waals surface area contributed by atoms with Gasteiger partial charge in [0, 0.05) is 29.5 Å². The number of hydrogen-bond acceptors (Lipinski definition) is 4. The van der Waals surface area contributed by atoms with Crippen molar-refractivity contribution in [3.8, 4) is 6.07 Å². The second-order valence-corrected chi connectivity index (χ2v) is 10.1. The summed E-state index contributed by atoms with van der Waals surface area (Å²) in [5.41, 5.74) is 4.42. The number of carbonyl (C=O) groups excluding carboxylic acids is 1. The zero-order valence-electron chi connectivity index (χ0n) is 20.1. The topological polar surface area (TPSA) is 106 Å². The van der Waals surface area contributed by atoms with Gasteiger partial charge in [0.25, 0.3) is 5.91 Å². The zero-order chi connectivity index (χ0) is 25.2. The number of hydrogen-bond donors (Lipinski definition) is 2. The van der Waals surface area contributed by atoms with Crippen molar-refractivity contribution in [3.05, 3.63) is 62.9 Å². The second-order valence-electron chi connectivity index (χ2n) is 9.70. The van der Waals surface area contributed by atoms with Crippen LogP contribution in [0.1, 0.15) is 66.4 Å². The van der Waals surface area contributed by atoms with Crippen molar-refractivity contribution in [2.45, 2.75) is 53.5 Å². The Morgan fingerprint density at radius 1 is 1.29 bits per heavy atom. The molecule has 0 radical (unpaired) electrons. The van der Waals surface area contributed by atoms with Gasteiger partial charge in [-0.2, -0.15) is 5.26 Å². The molecule has 2 heterocycles. The van der Waals surface area contributed by atoms with Gasteiger partial charge in [0.2, 0.25) is 0 Å². The number of nitrogens with one attached hydrogen (secondary N) is 1. The van der Waals surface area contributed by atoms with Crippen molar-refractivity contribution < 1.29 is 14.7 Å². The Labute approximate surface area is 205 Å². The number of nitriles is 1. The molecule has 7 nitrogen and oxygen atoms in total. The fourth-order valence-corrected chi connectivity index (χ4v) is 4.41. The standard InChI is InChI=1S/C26H29ClN4O3/c1-15-18(8-17-6-7-31(25(33)34)23(9-17)26(3,4)5)11-21(27)12-22(15)30-24(32)20-10-19(13-28)16(2)29-14-20/h8,10-12,14,23H,6-7,9H2,1-5H3,(H,30,32)(H,33,34). The van der Waals surface area contributed by atoms with Crippen molar-refractivity contribution >= 4 is 35.4 Å². The molecule has 3 rings (SSSR count). The molecule has 0 saturated carbocycles. The molecule has 1 saturated heterocycles. The summed E-state index contributed by atoms with van der Waals surface area (Å²) in [6, 6.07) is 6.96. The van der Waals surface area contributed by atoms with Crippen molar-refractivity contribution in [1.82, 2.24) is 9.88 Å². The molecular weight excluding hydrogens is 452 g/mol. The van der Waals surface area contributed by atoms with Crippen LogP contribution in [0.25, 0.3) is 6.08 Å². The largest absolute Gasteiger partial charge is 0.465 e. The predicted molar refractivity (Wildman–Crippen MR) is 133 cm³/mol. The third-order valence-electron chi connectivity index (χ3n) is 6.24. The van der Waals surface area contributed by atoms with Crippen molar-refractivity contribution in [2.75, 3.05) is 11.9 Å². The van der Waals surface area contributed by atoms with Crippen LogP contribution in [0.3, 0.4) is 0 Å². The number of halogens is 1. The van der Waals surface area contributed by atoms with E-state index in [4.69, 9.17) is 11.6 Å². The van der Waals surface area contributed by atoms with E-state index in [9.17, 15) is 20.0 Å². The van der Waals surface area contributed by atoms with E-state index in [2.05, 4.69) is 16.4 Å². The lowest BCUT2D eigenvalue weighted by molar-refractivity contribution is 0.0724. The van der Waals surface area contributed by atoms with Gasteiger partial charge in [-0.3, -0.25) is 9.78 Å². The lowest BCUT2D eigenvalue weighted by Crippen LogP contribution is -2.50. The smallest absolute Gasteiger partial charge is 0.407 e. The van der Waals surface area contributed by atoms with E-state index in [-0.39, 0.29) is 22.9 Å². The molecular formula is C26H29ClN4O3. The molecule has 8 heteroatoms. The van der Waals surface area contributed by atoms with Gasteiger partial charge in [-0.25, -0.2) is 4.79 Å². The lowest BCUT2D eigenvalue weighted by Gasteiger charge is -2.42. The molecule has 0 spiro atoms. The number of piperidine rings is 1. The Bertz CT molecular complexity index is 1210. The summed E-state index contributed by atoms with van der Waals surface area (Å²) >= 11 is 6.38. The first-order valence-corrected chi connectivity index (χ1v) is 11.5. The number of aromatic nitrogens is 1. The molecule has 2 amide bonds. The molecule has 1 unspecified atom stereocenters. The van der Waals surface area contributed by atoms with Gasteiger partial charge in [0.15, 0.2) is 0 Å². The van der Waals surface area contributed by atoms with E-state index >= 15 is 0 Å². The molecule has 1 atom stereocenters. The van der Waals surface area contributed by atoms with Gasteiger partial charge in [-0.05, 0) is 61.4 Å².